The molecule has 1 aromatic heterocycles. The number of aromatic amines is 1. The van der Waals surface area contributed by atoms with E-state index in [0.717, 1.165) is 28.3 Å². The summed E-state index contributed by atoms with van der Waals surface area (Å²) in [5.41, 5.74) is 3.02. The number of hydrogen-bond donors (Lipinski definition) is 1. The third-order valence-electron chi connectivity index (χ3n) is 2.80. The van der Waals surface area contributed by atoms with E-state index < -0.39 is 0 Å². The Balaban J connectivity index is 2.28. The van der Waals surface area contributed by atoms with Crippen molar-refractivity contribution >= 4 is 11.6 Å². The van der Waals surface area contributed by atoms with Crippen molar-refractivity contribution in [3.63, 3.8) is 0 Å². The number of nitrogens with zero attached hydrogens (tertiary/aromatic N) is 1. The zero-order valence-corrected chi connectivity index (χ0v) is 10.7. The lowest BCUT2D eigenvalue weighted by Gasteiger charge is -2.04. The van der Waals surface area contributed by atoms with Gasteiger partial charge in [0, 0.05) is 16.8 Å². The molecule has 4 heteroatoms. The number of aryl methyl sites for hydroxylation is 2. The fourth-order valence-corrected chi connectivity index (χ4v) is 1.91. The summed E-state index contributed by atoms with van der Waals surface area (Å²) in [6, 6.07) is 7.48. The van der Waals surface area contributed by atoms with Crippen LogP contribution in [0.1, 0.15) is 23.7 Å². The van der Waals surface area contributed by atoms with Crippen molar-refractivity contribution in [2.75, 3.05) is 0 Å². The minimum atomic E-state index is -0.00134. The fraction of sp³-hybridized carbons (Fsp3) is 0.308. The molecule has 0 aliphatic carbocycles. The second-order valence-corrected chi connectivity index (χ2v) is 4.55. The molecular formula is C13H15ClN2O. The zero-order valence-electron chi connectivity index (χ0n) is 9.96. The van der Waals surface area contributed by atoms with Gasteiger partial charge in [-0.1, -0.05) is 30.7 Å². The highest BCUT2D eigenvalue weighted by Gasteiger charge is 2.03. The first-order valence-corrected chi connectivity index (χ1v) is 6.01. The van der Waals surface area contributed by atoms with Gasteiger partial charge in [0.15, 0.2) is 0 Å². The maximum Gasteiger partial charge on any atom is 0.267 e. The van der Waals surface area contributed by atoms with E-state index in [9.17, 15) is 4.79 Å². The van der Waals surface area contributed by atoms with Crippen molar-refractivity contribution < 1.29 is 0 Å². The Morgan fingerprint density at radius 2 is 2.12 bits per heavy atom. The van der Waals surface area contributed by atoms with Crippen LogP contribution in [-0.2, 0) is 13.0 Å². The van der Waals surface area contributed by atoms with Crippen LogP contribution in [0.3, 0.4) is 0 Å². The Hall–Kier alpha value is -1.48. The van der Waals surface area contributed by atoms with Crippen LogP contribution in [0.4, 0.5) is 0 Å². The standard InChI is InChI=1S/C13H15ClN2O/c1-3-11-7-13(17)16(15-11)8-10-5-4-9(2)12(14)6-10/h4-7,15H,3,8H2,1-2H3. The predicted molar refractivity (Wildman–Crippen MR) is 69.7 cm³/mol. The molecule has 0 saturated carbocycles. The largest absolute Gasteiger partial charge is 0.299 e. The Bertz CT molecular complexity index is 583. The van der Waals surface area contributed by atoms with Crippen LogP contribution in [0, 0.1) is 6.92 Å². The van der Waals surface area contributed by atoms with Gasteiger partial charge < -0.3 is 0 Å². The molecule has 0 saturated heterocycles. The van der Waals surface area contributed by atoms with E-state index >= 15 is 0 Å². The highest BCUT2D eigenvalue weighted by atomic mass is 35.5. The summed E-state index contributed by atoms with van der Waals surface area (Å²) < 4.78 is 1.60. The number of benzene rings is 1. The Labute approximate surface area is 105 Å². The van der Waals surface area contributed by atoms with E-state index in [2.05, 4.69) is 5.10 Å². The lowest BCUT2D eigenvalue weighted by atomic mass is 10.1. The van der Waals surface area contributed by atoms with Gasteiger partial charge in [-0.2, -0.15) is 0 Å². The molecule has 90 valence electrons. The minimum Gasteiger partial charge on any atom is -0.299 e. The normalized spacial score (nSPS) is 10.8. The van der Waals surface area contributed by atoms with Gasteiger partial charge >= 0.3 is 0 Å². The van der Waals surface area contributed by atoms with Gasteiger partial charge in [-0.3, -0.25) is 9.89 Å². The molecule has 2 rings (SSSR count). The molecule has 0 fully saturated rings. The van der Waals surface area contributed by atoms with E-state index in [1.54, 1.807) is 10.7 Å². The van der Waals surface area contributed by atoms with Crippen molar-refractivity contribution in [1.82, 2.24) is 9.78 Å². The molecule has 0 aliphatic heterocycles. The highest BCUT2D eigenvalue weighted by Crippen LogP contribution is 2.16. The van der Waals surface area contributed by atoms with Crippen LogP contribution in [0.5, 0.6) is 0 Å². The Morgan fingerprint density at radius 1 is 1.35 bits per heavy atom. The second kappa shape index (κ2) is 4.80. The molecule has 2 aromatic rings. The van der Waals surface area contributed by atoms with Crippen LogP contribution in [-0.4, -0.2) is 9.78 Å². The second-order valence-electron chi connectivity index (χ2n) is 4.14. The van der Waals surface area contributed by atoms with Crippen LogP contribution in [0.2, 0.25) is 5.02 Å². The number of halogens is 1. The molecule has 0 amide bonds. The molecular weight excluding hydrogens is 236 g/mol. The van der Waals surface area contributed by atoms with Gasteiger partial charge in [-0.25, -0.2) is 4.68 Å². The van der Waals surface area contributed by atoms with Crippen LogP contribution < -0.4 is 5.56 Å². The zero-order chi connectivity index (χ0) is 12.4. The van der Waals surface area contributed by atoms with Gasteiger partial charge in [0.05, 0.1) is 6.54 Å². The smallest absolute Gasteiger partial charge is 0.267 e. The summed E-state index contributed by atoms with van der Waals surface area (Å²) in [6.07, 6.45) is 0.830. The number of H-pyrrole nitrogens is 1. The number of aromatic nitrogens is 2. The highest BCUT2D eigenvalue weighted by molar-refractivity contribution is 6.31. The molecule has 0 bridgehead atoms. The van der Waals surface area contributed by atoms with Crippen molar-refractivity contribution in [1.29, 1.82) is 0 Å². The molecule has 1 aromatic carbocycles. The number of rotatable bonds is 3. The van der Waals surface area contributed by atoms with E-state index in [-0.39, 0.29) is 5.56 Å². The van der Waals surface area contributed by atoms with Crippen molar-refractivity contribution in [2.45, 2.75) is 26.8 Å². The monoisotopic (exact) mass is 250 g/mol. The summed E-state index contributed by atoms with van der Waals surface area (Å²) in [5, 5.41) is 3.81. The molecule has 0 unspecified atom stereocenters. The summed E-state index contributed by atoms with van der Waals surface area (Å²) in [7, 11) is 0. The van der Waals surface area contributed by atoms with Gasteiger partial charge in [-0.05, 0) is 30.5 Å². The molecule has 17 heavy (non-hydrogen) atoms. The van der Waals surface area contributed by atoms with Crippen molar-refractivity contribution in [3.8, 4) is 0 Å². The van der Waals surface area contributed by atoms with E-state index in [4.69, 9.17) is 11.6 Å². The average molecular weight is 251 g/mol. The molecule has 0 aliphatic rings. The lowest BCUT2D eigenvalue weighted by Crippen LogP contribution is -2.16. The van der Waals surface area contributed by atoms with Crippen molar-refractivity contribution in [2.24, 2.45) is 0 Å². The van der Waals surface area contributed by atoms with Gasteiger partial charge in [0.25, 0.3) is 5.56 Å². The number of nitrogens with one attached hydrogen (secondary N) is 1. The van der Waals surface area contributed by atoms with Gasteiger partial charge in [-0.15, -0.1) is 0 Å². The maximum absolute atomic E-state index is 11.7. The topological polar surface area (TPSA) is 37.8 Å². The lowest BCUT2D eigenvalue weighted by molar-refractivity contribution is 0.653. The van der Waals surface area contributed by atoms with Crippen LogP contribution in [0.25, 0.3) is 0 Å². The average Bonchev–Trinajstić information content (AvgIpc) is 2.65. The van der Waals surface area contributed by atoms with E-state index in [1.807, 2.05) is 32.0 Å². The number of hydrogen-bond acceptors (Lipinski definition) is 1. The third kappa shape index (κ3) is 2.61. The predicted octanol–water partition coefficient (Wildman–Crippen LogP) is 2.75. The van der Waals surface area contributed by atoms with E-state index in [1.165, 1.54) is 0 Å². The first kappa shape index (κ1) is 12.0. The third-order valence-corrected chi connectivity index (χ3v) is 3.21. The molecule has 3 nitrogen and oxygen atoms in total. The SMILES string of the molecule is CCc1cc(=O)n(Cc2ccc(C)c(Cl)c2)[nH]1. The summed E-state index contributed by atoms with van der Waals surface area (Å²) in [6.45, 7) is 4.50. The first-order valence-electron chi connectivity index (χ1n) is 5.64. The quantitative estimate of drug-likeness (QED) is 0.894. The fourth-order valence-electron chi connectivity index (χ4n) is 1.70. The molecule has 1 heterocycles. The molecule has 0 spiro atoms. The summed E-state index contributed by atoms with van der Waals surface area (Å²) in [4.78, 5) is 11.7. The van der Waals surface area contributed by atoms with Crippen LogP contribution in [0.15, 0.2) is 29.1 Å². The molecule has 0 radical (unpaired) electrons. The maximum atomic E-state index is 11.7. The van der Waals surface area contributed by atoms with E-state index in [0.29, 0.717) is 6.54 Å². The minimum absolute atomic E-state index is 0.00134. The summed E-state index contributed by atoms with van der Waals surface area (Å²) >= 11 is 6.05. The van der Waals surface area contributed by atoms with Crippen molar-refractivity contribution in [3.05, 3.63) is 56.5 Å². The van der Waals surface area contributed by atoms with Crippen LogP contribution >= 0.6 is 11.6 Å². The Morgan fingerprint density at radius 3 is 2.71 bits per heavy atom. The summed E-state index contributed by atoms with van der Waals surface area (Å²) in [5.74, 6) is 0. The van der Waals surface area contributed by atoms with Gasteiger partial charge in [0.2, 0.25) is 0 Å². The Kier molecular flexibility index (Phi) is 3.38. The molecule has 0 atom stereocenters. The van der Waals surface area contributed by atoms with Gasteiger partial charge in [0.1, 0.15) is 0 Å². The first-order chi connectivity index (χ1) is 8.10. The molecule has 1 N–H and O–H groups in total.